The van der Waals surface area contributed by atoms with Crippen LogP contribution in [-0.4, -0.2) is 49.8 Å². The molecule has 3 nitrogen and oxygen atoms in total. The van der Waals surface area contributed by atoms with Crippen molar-refractivity contribution in [2.75, 3.05) is 32.8 Å². The second kappa shape index (κ2) is 4.40. The summed E-state index contributed by atoms with van der Waals surface area (Å²) < 4.78 is 5.39. The van der Waals surface area contributed by atoms with Gasteiger partial charge in [-0.1, -0.05) is 0 Å². The van der Waals surface area contributed by atoms with Crippen LogP contribution in [0.5, 0.6) is 0 Å². The van der Waals surface area contributed by atoms with Gasteiger partial charge in [0.1, 0.15) is 0 Å². The van der Waals surface area contributed by atoms with Crippen molar-refractivity contribution in [1.82, 2.24) is 10.2 Å². The molecule has 1 unspecified atom stereocenters. The van der Waals surface area contributed by atoms with Crippen molar-refractivity contribution in [3.05, 3.63) is 0 Å². The van der Waals surface area contributed by atoms with Crippen molar-refractivity contribution < 1.29 is 4.74 Å². The Morgan fingerprint density at radius 2 is 1.73 bits per heavy atom. The van der Waals surface area contributed by atoms with Crippen LogP contribution in [0.15, 0.2) is 0 Å². The lowest BCUT2D eigenvalue weighted by atomic mass is 9.92. The lowest BCUT2D eigenvalue weighted by molar-refractivity contribution is 0.0267. The molecule has 3 heteroatoms. The first-order chi connectivity index (χ1) is 7.40. The van der Waals surface area contributed by atoms with Crippen LogP contribution in [-0.2, 0) is 4.74 Å². The van der Waals surface area contributed by atoms with Crippen LogP contribution in [0.1, 0.15) is 25.7 Å². The van der Waals surface area contributed by atoms with Crippen molar-refractivity contribution in [3.8, 4) is 0 Å². The summed E-state index contributed by atoms with van der Waals surface area (Å²) in [7, 11) is 0. The van der Waals surface area contributed by atoms with Crippen LogP contribution in [0.2, 0.25) is 0 Å². The van der Waals surface area contributed by atoms with Gasteiger partial charge < -0.3 is 10.1 Å². The smallest absolute Gasteiger partial charge is 0.0594 e. The molecule has 0 spiro atoms. The van der Waals surface area contributed by atoms with Crippen LogP contribution in [0.25, 0.3) is 0 Å². The Kier molecular flexibility index (Phi) is 2.95. The van der Waals surface area contributed by atoms with Gasteiger partial charge in [-0.05, 0) is 31.6 Å². The molecule has 1 N–H and O–H groups in total. The van der Waals surface area contributed by atoms with Crippen LogP contribution in [0, 0.1) is 5.92 Å². The van der Waals surface area contributed by atoms with Gasteiger partial charge in [0.25, 0.3) is 0 Å². The third-order valence-electron chi connectivity index (χ3n) is 4.19. The molecular formula is C12H22N2O. The zero-order chi connectivity index (χ0) is 10.1. The summed E-state index contributed by atoms with van der Waals surface area (Å²) in [6.45, 7) is 5.51. The summed E-state index contributed by atoms with van der Waals surface area (Å²) in [5.41, 5.74) is 0. The highest BCUT2D eigenvalue weighted by Gasteiger charge is 2.34. The zero-order valence-electron chi connectivity index (χ0n) is 9.45. The van der Waals surface area contributed by atoms with E-state index in [0.29, 0.717) is 0 Å². The molecular weight excluding hydrogens is 188 g/mol. The first-order valence-corrected chi connectivity index (χ1v) is 6.46. The number of rotatable bonds is 2. The molecule has 0 saturated carbocycles. The molecule has 86 valence electrons. The minimum absolute atomic E-state index is 0.842. The fraction of sp³-hybridized carbons (Fsp3) is 1.00. The Balaban J connectivity index is 1.50. The standard InChI is InChI=1S/C12H22N2O/c1-2-12-8-10(7-11(1)13-12)9-14-3-5-15-6-4-14/h10-13H,1-9H2/t10?,11-,12+. The molecule has 2 bridgehead atoms. The summed E-state index contributed by atoms with van der Waals surface area (Å²) in [4.78, 5) is 2.60. The molecule has 0 aromatic carbocycles. The van der Waals surface area contributed by atoms with E-state index in [0.717, 1.165) is 44.3 Å². The van der Waals surface area contributed by atoms with E-state index in [1.807, 2.05) is 0 Å². The van der Waals surface area contributed by atoms with E-state index >= 15 is 0 Å². The lowest BCUT2D eigenvalue weighted by Crippen LogP contribution is -2.45. The summed E-state index contributed by atoms with van der Waals surface area (Å²) in [6, 6.07) is 1.68. The number of hydrogen-bond acceptors (Lipinski definition) is 3. The maximum Gasteiger partial charge on any atom is 0.0594 e. The Labute approximate surface area is 92.2 Å². The molecule has 0 aromatic rings. The van der Waals surface area contributed by atoms with E-state index in [2.05, 4.69) is 10.2 Å². The second-order valence-electron chi connectivity index (χ2n) is 5.39. The fourth-order valence-corrected chi connectivity index (χ4v) is 3.47. The average molecular weight is 210 g/mol. The number of ether oxygens (including phenoxy) is 1. The highest BCUT2D eigenvalue weighted by atomic mass is 16.5. The summed E-state index contributed by atoms with van der Waals surface area (Å²) in [6.07, 6.45) is 5.66. The first-order valence-electron chi connectivity index (χ1n) is 6.46. The molecule has 3 aliphatic heterocycles. The molecule has 0 amide bonds. The van der Waals surface area contributed by atoms with E-state index in [-0.39, 0.29) is 0 Å². The Hall–Kier alpha value is -0.120. The van der Waals surface area contributed by atoms with Crippen LogP contribution in [0.4, 0.5) is 0 Å². The van der Waals surface area contributed by atoms with Gasteiger partial charge in [-0.3, -0.25) is 4.90 Å². The number of nitrogens with zero attached hydrogens (tertiary/aromatic N) is 1. The molecule has 3 aliphatic rings. The molecule has 3 atom stereocenters. The third-order valence-corrected chi connectivity index (χ3v) is 4.19. The fourth-order valence-electron chi connectivity index (χ4n) is 3.47. The number of fused-ring (bicyclic) bond motifs is 2. The van der Waals surface area contributed by atoms with Crippen LogP contribution < -0.4 is 5.32 Å². The number of morpholine rings is 1. The summed E-state index contributed by atoms with van der Waals surface area (Å²) >= 11 is 0. The normalized spacial score (nSPS) is 42.0. The second-order valence-corrected chi connectivity index (χ2v) is 5.39. The van der Waals surface area contributed by atoms with Crippen molar-refractivity contribution in [2.45, 2.75) is 37.8 Å². The zero-order valence-corrected chi connectivity index (χ0v) is 9.45. The third kappa shape index (κ3) is 2.35. The van der Waals surface area contributed by atoms with Gasteiger partial charge in [-0.2, -0.15) is 0 Å². The van der Waals surface area contributed by atoms with Gasteiger partial charge in [0.15, 0.2) is 0 Å². The lowest BCUT2D eigenvalue weighted by Gasteiger charge is -2.35. The first kappa shape index (κ1) is 10.1. The number of hydrogen-bond donors (Lipinski definition) is 1. The van der Waals surface area contributed by atoms with Crippen molar-refractivity contribution >= 4 is 0 Å². The van der Waals surface area contributed by atoms with Gasteiger partial charge in [-0.15, -0.1) is 0 Å². The Bertz CT molecular complexity index is 204. The SMILES string of the molecule is C1CN(CC2C[C@H]3CC[C@@H](C2)N3)CCO1. The topological polar surface area (TPSA) is 24.5 Å². The van der Waals surface area contributed by atoms with E-state index in [4.69, 9.17) is 4.74 Å². The van der Waals surface area contributed by atoms with Crippen molar-refractivity contribution in [1.29, 1.82) is 0 Å². The molecule has 3 saturated heterocycles. The minimum Gasteiger partial charge on any atom is -0.379 e. The van der Waals surface area contributed by atoms with Gasteiger partial charge in [-0.25, -0.2) is 0 Å². The van der Waals surface area contributed by atoms with Gasteiger partial charge in [0.2, 0.25) is 0 Å². The van der Waals surface area contributed by atoms with Crippen LogP contribution in [0.3, 0.4) is 0 Å². The number of nitrogens with one attached hydrogen (secondary N) is 1. The molecule has 3 fully saturated rings. The monoisotopic (exact) mass is 210 g/mol. The van der Waals surface area contributed by atoms with Gasteiger partial charge >= 0.3 is 0 Å². The van der Waals surface area contributed by atoms with Crippen molar-refractivity contribution in [3.63, 3.8) is 0 Å². The molecule has 0 aromatic heterocycles. The molecule has 3 rings (SSSR count). The highest BCUT2D eigenvalue weighted by molar-refractivity contribution is 4.92. The maximum absolute atomic E-state index is 5.39. The highest BCUT2D eigenvalue weighted by Crippen LogP contribution is 2.31. The van der Waals surface area contributed by atoms with E-state index in [1.165, 1.54) is 32.2 Å². The summed E-state index contributed by atoms with van der Waals surface area (Å²) in [5.74, 6) is 0.946. The molecule has 3 heterocycles. The maximum atomic E-state index is 5.39. The molecule has 0 aliphatic carbocycles. The molecule has 0 radical (unpaired) electrons. The molecule has 15 heavy (non-hydrogen) atoms. The predicted molar refractivity (Wildman–Crippen MR) is 59.9 cm³/mol. The van der Waals surface area contributed by atoms with Crippen molar-refractivity contribution in [2.24, 2.45) is 5.92 Å². The predicted octanol–water partition coefficient (Wildman–Crippen LogP) is 0.849. The quantitative estimate of drug-likeness (QED) is 0.731. The largest absolute Gasteiger partial charge is 0.379 e. The minimum atomic E-state index is 0.842. The van der Waals surface area contributed by atoms with Gasteiger partial charge in [0.05, 0.1) is 13.2 Å². The van der Waals surface area contributed by atoms with E-state index in [9.17, 15) is 0 Å². The van der Waals surface area contributed by atoms with E-state index < -0.39 is 0 Å². The van der Waals surface area contributed by atoms with E-state index in [1.54, 1.807) is 0 Å². The Morgan fingerprint density at radius 3 is 2.40 bits per heavy atom. The average Bonchev–Trinajstić information content (AvgIpc) is 2.60. The van der Waals surface area contributed by atoms with Crippen LogP contribution >= 0.6 is 0 Å². The van der Waals surface area contributed by atoms with Gasteiger partial charge in [0, 0.05) is 31.7 Å². The number of piperidine rings is 1. The Morgan fingerprint density at radius 1 is 1.07 bits per heavy atom. The summed E-state index contributed by atoms with van der Waals surface area (Å²) in [5, 5.41) is 3.71.